The molecule has 0 aliphatic heterocycles. The standard InChI is InChI=1S/C15H19BrF3N/c1-14(2)7-3-4-11(9-14)20-10-5-6-13(16)12(8-10)15(17,18)19/h5-6,8,11,20H,3-4,7,9H2,1-2H3. The Morgan fingerprint density at radius 3 is 2.60 bits per heavy atom. The fraction of sp³-hybridized carbons (Fsp3) is 0.600. The van der Waals surface area contributed by atoms with E-state index in [9.17, 15) is 13.2 Å². The first-order valence-corrected chi connectivity index (χ1v) is 7.60. The quantitative estimate of drug-likeness (QED) is 0.706. The lowest BCUT2D eigenvalue weighted by atomic mass is 9.75. The normalized spacial score (nSPS) is 22.6. The molecular weight excluding hydrogens is 331 g/mol. The van der Waals surface area contributed by atoms with Crippen molar-refractivity contribution in [3.63, 3.8) is 0 Å². The van der Waals surface area contributed by atoms with Gasteiger partial charge in [-0.25, -0.2) is 0 Å². The SMILES string of the molecule is CC1(C)CCCC(Nc2ccc(Br)c(C(F)(F)F)c2)C1. The molecule has 1 unspecified atom stereocenters. The highest BCUT2D eigenvalue weighted by Gasteiger charge is 2.33. The maximum absolute atomic E-state index is 12.9. The minimum absolute atomic E-state index is 0.0829. The van der Waals surface area contributed by atoms with Crippen LogP contribution in [0, 0.1) is 5.41 Å². The molecule has 0 spiro atoms. The highest BCUT2D eigenvalue weighted by atomic mass is 79.9. The van der Waals surface area contributed by atoms with Crippen molar-refractivity contribution in [3.8, 4) is 0 Å². The first-order valence-electron chi connectivity index (χ1n) is 6.81. The summed E-state index contributed by atoms with van der Waals surface area (Å²) in [5.41, 5.74) is 0.179. The highest BCUT2D eigenvalue weighted by Crippen LogP contribution is 2.39. The molecule has 1 N–H and O–H groups in total. The number of hydrogen-bond donors (Lipinski definition) is 1. The summed E-state index contributed by atoms with van der Waals surface area (Å²) in [7, 11) is 0. The fourth-order valence-electron chi connectivity index (χ4n) is 2.89. The number of anilines is 1. The van der Waals surface area contributed by atoms with Crippen LogP contribution in [0.1, 0.15) is 45.1 Å². The van der Waals surface area contributed by atoms with Crippen molar-refractivity contribution >= 4 is 21.6 Å². The van der Waals surface area contributed by atoms with Crippen LogP contribution < -0.4 is 5.32 Å². The third-order valence-electron chi connectivity index (χ3n) is 3.85. The Morgan fingerprint density at radius 1 is 1.30 bits per heavy atom. The first kappa shape index (κ1) is 15.7. The molecule has 1 aromatic carbocycles. The van der Waals surface area contributed by atoms with Crippen molar-refractivity contribution in [3.05, 3.63) is 28.2 Å². The zero-order chi connectivity index (χ0) is 15.0. The molecule has 1 nitrogen and oxygen atoms in total. The van der Waals surface area contributed by atoms with Gasteiger partial charge >= 0.3 is 6.18 Å². The topological polar surface area (TPSA) is 12.0 Å². The summed E-state index contributed by atoms with van der Waals surface area (Å²) in [4.78, 5) is 0. The van der Waals surface area contributed by atoms with Gasteiger partial charge in [-0.1, -0.05) is 36.2 Å². The van der Waals surface area contributed by atoms with Gasteiger partial charge < -0.3 is 5.32 Å². The Hall–Kier alpha value is -0.710. The molecule has 1 aliphatic rings. The number of nitrogens with one attached hydrogen (secondary N) is 1. The minimum Gasteiger partial charge on any atom is -0.382 e. The van der Waals surface area contributed by atoms with E-state index in [1.54, 1.807) is 6.07 Å². The van der Waals surface area contributed by atoms with Crippen molar-refractivity contribution in [1.29, 1.82) is 0 Å². The van der Waals surface area contributed by atoms with Crippen molar-refractivity contribution in [2.75, 3.05) is 5.32 Å². The Balaban J connectivity index is 2.14. The Morgan fingerprint density at radius 2 is 2.00 bits per heavy atom. The summed E-state index contributed by atoms with van der Waals surface area (Å²) in [6.45, 7) is 4.42. The molecule has 5 heteroatoms. The van der Waals surface area contributed by atoms with E-state index in [0.29, 0.717) is 5.69 Å². The fourth-order valence-corrected chi connectivity index (χ4v) is 3.36. The van der Waals surface area contributed by atoms with Crippen molar-refractivity contribution in [2.45, 2.75) is 51.7 Å². The molecule has 0 heterocycles. The van der Waals surface area contributed by atoms with E-state index in [1.807, 2.05) is 0 Å². The van der Waals surface area contributed by atoms with Crippen molar-refractivity contribution < 1.29 is 13.2 Å². The van der Waals surface area contributed by atoms with E-state index in [1.165, 1.54) is 18.6 Å². The van der Waals surface area contributed by atoms with Crippen LogP contribution in [-0.4, -0.2) is 6.04 Å². The Kier molecular flexibility index (Phi) is 4.38. The van der Waals surface area contributed by atoms with Crippen LogP contribution in [-0.2, 0) is 6.18 Å². The van der Waals surface area contributed by atoms with Gasteiger partial charge in [0.2, 0.25) is 0 Å². The lowest BCUT2D eigenvalue weighted by Gasteiger charge is -2.36. The van der Waals surface area contributed by atoms with Crippen LogP contribution in [0.2, 0.25) is 0 Å². The van der Waals surface area contributed by atoms with Crippen molar-refractivity contribution in [2.24, 2.45) is 5.41 Å². The Bertz CT molecular complexity index is 482. The van der Waals surface area contributed by atoms with Gasteiger partial charge in [0.05, 0.1) is 5.56 Å². The van der Waals surface area contributed by atoms with E-state index in [0.717, 1.165) is 19.3 Å². The second-order valence-corrected chi connectivity index (χ2v) is 7.15. The summed E-state index contributed by atoms with van der Waals surface area (Å²) in [5, 5.41) is 3.26. The predicted octanol–water partition coefficient (Wildman–Crippen LogP) is 5.85. The van der Waals surface area contributed by atoms with Crippen LogP contribution in [0.25, 0.3) is 0 Å². The molecule has 0 aromatic heterocycles. The summed E-state index contributed by atoms with van der Waals surface area (Å²) >= 11 is 2.96. The molecule has 0 saturated heterocycles. The number of halogens is 4. The first-order chi connectivity index (χ1) is 9.17. The molecule has 0 bridgehead atoms. The average Bonchev–Trinajstić information content (AvgIpc) is 2.29. The summed E-state index contributed by atoms with van der Waals surface area (Å²) in [5.74, 6) is 0. The molecule has 1 aliphatic carbocycles. The van der Waals surface area contributed by atoms with Crippen LogP contribution >= 0.6 is 15.9 Å². The van der Waals surface area contributed by atoms with E-state index in [-0.39, 0.29) is 15.9 Å². The van der Waals surface area contributed by atoms with Crippen LogP contribution in [0.5, 0.6) is 0 Å². The van der Waals surface area contributed by atoms with E-state index in [4.69, 9.17) is 0 Å². The lowest BCUT2D eigenvalue weighted by molar-refractivity contribution is -0.138. The zero-order valence-corrected chi connectivity index (χ0v) is 13.2. The molecule has 0 radical (unpaired) electrons. The summed E-state index contributed by atoms with van der Waals surface area (Å²) < 4.78 is 38.7. The third kappa shape index (κ3) is 3.90. The lowest BCUT2D eigenvalue weighted by Crippen LogP contribution is -2.31. The number of rotatable bonds is 2. The summed E-state index contributed by atoms with van der Waals surface area (Å²) in [6, 6.07) is 4.59. The molecule has 1 fully saturated rings. The van der Waals surface area contributed by atoms with Crippen LogP contribution in [0.3, 0.4) is 0 Å². The average molecular weight is 350 g/mol. The van der Waals surface area contributed by atoms with Crippen molar-refractivity contribution in [1.82, 2.24) is 0 Å². The van der Waals surface area contributed by atoms with E-state index in [2.05, 4.69) is 35.1 Å². The molecule has 1 atom stereocenters. The third-order valence-corrected chi connectivity index (χ3v) is 4.54. The van der Waals surface area contributed by atoms with Gasteiger partial charge in [0, 0.05) is 16.2 Å². The Labute approximate surface area is 126 Å². The van der Waals surface area contributed by atoms with Gasteiger partial charge in [-0.3, -0.25) is 0 Å². The van der Waals surface area contributed by atoms with Gasteiger partial charge in [0.25, 0.3) is 0 Å². The number of hydrogen-bond acceptors (Lipinski definition) is 1. The van der Waals surface area contributed by atoms with Gasteiger partial charge in [-0.05, 0) is 42.9 Å². The van der Waals surface area contributed by atoms with Crippen LogP contribution in [0.15, 0.2) is 22.7 Å². The monoisotopic (exact) mass is 349 g/mol. The molecule has 0 amide bonds. The highest BCUT2D eigenvalue weighted by molar-refractivity contribution is 9.10. The second-order valence-electron chi connectivity index (χ2n) is 6.29. The van der Waals surface area contributed by atoms with Gasteiger partial charge in [0.1, 0.15) is 0 Å². The summed E-state index contributed by atoms with van der Waals surface area (Å²) in [6.07, 6.45) is -0.0275. The maximum Gasteiger partial charge on any atom is 0.417 e. The molecule has 20 heavy (non-hydrogen) atoms. The molecule has 1 aromatic rings. The smallest absolute Gasteiger partial charge is 0.382 e. The number of alkyl halides is 3. The largest absolute Gasteiger partial charge is 0.417 e. The molecule has 1 saturated carbocycles. The van der Waals surface area contributed by atoms with E-state index >= 15 is 0 Å². The minimum atomic E-state index is -4.33. The zero-order valence-electron chi connectivity index (χ0n) is 11.6. The van der Waals surface area contributed by atoms with E-state index < -0.39 is 11.7 Å². The van der Waals surface area contributed by atoms with Gasteiger partial charge in [0.15, 0.2) is 0 Å². The van der Waals surface area contributed by atoms with Gasteiger partial charge in [-0.2, -0.15) is 13.2 Å². The number of benzene rings is 1. The van der Waals surface area contributed by atoms with Gasteiger partial charge in [-0.15, -0.1) is 0 Å². The van der Waals surface area contributed by atoms with Crippen LogP contribution in [0.4, 0.5) is 18.9 Å². The molecule has 2 rings (SSSR count). The maximum atomic E-state index is 12.9. The predicted molar refractivity (Wildman–Crippen MR) is 78.8 cm³/mol. The molecule has 112 valence electrons. The second kappa shape index (κ2) is 5.58. The molecular formula is C15H19BrF3N.